The first-order chi connectivity index (χ1) is 4.98. The third-order valence-corrected chi connectivity index (χ3v) is 10.8. The van der Waals surface area contributed by atoms with E-state index in [1.54, 1.807) is 0 Å². The van der Waals surface area contributed by atoms with Crippen molar-refractivity contribution < 1.29 is 4.43 Å². The molecule has 4 heteroatoms. The highest BCUT2D eigenvalue weighted by molar-refractivity contribution is 6.83. The second kappa shape index (κ2) is 5.29. The summed E-state index contributed by atoms with van der Waals surface area (Å²) in [4.78, 5) is 0. The third-order valence-electron chi connectivity index (χ3n) is 1.60. The zero-order valence-electron chi connectivity index (χ0n) is 8.61. The molecule has 0 bridgehead atoms. The first kappa shape index (κ1) is 11.6. The smallest absolute Gasteiger partial charge is 0.183 e. The molecular weight excluding hydrogens is 184 g/mol. The van der Waals surface area contributed by atoms with Crippen LogP contribution in [0.3, 0.4) is 0 Å². The molecule has 0 heterocycles. The molecule has 0 rings (SSSR count). The van der Waals surface area contributed by atoms with Gasteiger partial charge in [0.2, 0.25) is 0 Å². The maximum absolute atomic E-state index is 5.92. The Balaban J connectivity index is 3.61. The first-order valence-electron chi connectivity index (χ1n) is 4.62. The van der Waals surface area contributed by atoms with Crippen molar-refractivity contribution >= 4 is 26.6 Å². The third kappa shape index (κ3) is 6.99. The van der Waals surface area contributed by atoms with Gasteiger partial charge >= 0.3 is 0 Å². The average Bonchev–Trinajstić information content (AvgIpc) is 1.81. The van der Waals surface area contributed by atoms with Crippen LogP contribution in [0.1, 0.15) is 0 Å². The van der Waals surface area contributed by atoms with Crippen molar-refractivity contribution in [2.45, 2.75) is 38.4 Å². The van der Waals surface area contributed by atoms with E-state index in [0.717, 1.165) is 6.23 Å². The van der Waals surface area contributed by atoms with Gasteiger partial charge in [0.25, 0.3) is 0 Å². The molecule has 0 N–H and O–H groups in total. The minimum atomic E-state index is -1.19. The van der Waals surface area contributed by atoms with E-state index in [2.05, 4.69) is 32.7 Å². The van der Waals surface area contributed by atoms with Crippen molar-refractivity contribution in [2.24, 2.45) is 0 Å². The van der Waals surface area contributed by atoms with Gasteiger partial charge in [-0.1, -0.05) is 19.6 Å². The standard InChI is InChI=1S/C7H22OSi3/c1-9-6-8-11(4,5)7-10(2)3/h10H,6-7,9H2,1-5H3. The fourth-order valence-electron chi connectivity index (χ4n) is 1.42. The van der Waals surface area contributed by atoms with Crippen molar-refractivity contribution in [1.29, 1.82) is 0 Å². The fourth-order valence-corrected chi connectivity index (χ4v) is 12.8. The molecule has 11 heavy (non-hydrogen) atoms. The van der Waals surface area contributed by atoms with Gasteiger partial charge in [-0.25, -0.2) is 0 Å². The molecule has 0 atom stereocenters. The first-order valence-corrected chi connectivity index (χ1v) is 13.3. The van der Waals surface area contributed by atoms with Gasteiger partial charge < -0.3 is 4.43 Å². The number of hydrogen-bond donors (Lipinski definition) is 0. The van der Waals surface area contributed by atoms with Crippen LogP contribution < -0.4 is 0 Å². The molecule has 0 aliphatic heterocycles. The van der Waals surface area contributed by atoms with Gasteiger partial charge in [0.05, 0.1) is 0 Å². The van der Waals surface area contributed by atoms with Gasteiger partial charge in [-0.2, -0.15) is 0 Å². The van der Waals surface area contributed by atoms with Gasteiger partial charge in [0.15, 0.2) is 8.32 Å². The predicted molar refractivity (Wildman–Crippen MR) is 61.5 cm³/mol. The summed E-state index contributed by atoms with van der Waals surface area (Å²) < 4.78 is 5.92. The summed E-state index contributed by atoms with van der Waals surface area (Å²) in [5, 5.41) is 0. The molecule has 68 valence electrons. The molecule has 0 amide bonds. The molecule has 0 aromatic carbocycles. The van der Waals surface area contributed by atoms with Crippen molar-refractivity contribution in [1.82, 2.24) is 0 Å². The Labute approximate surface area is 76.1 Å². The zero-order chi connectivity index (χ0) is 8.91. The summed E-state index contributed by atoms with van der Waals surface area (Å²) in [7, 11) is -1.45. The monoisotopic (exact) mass is 206 g/mol. The van der Waals surface area contributed by atoms with Crippen molar-refractivity contribution in [2.75, 3.05) is 6.23 Å². The predicted octanol–water partition coefficient (Wildman–Crippen LogP) is 1.41. The molecule has 0 unspecified atom stereocenters. The number of hydrogen-bond acceptors (Lipinski definition) is 1. The maximum atomic E-state index is 5.92. The number of rotatable bonds is 5. The molecule has 0 aliphatic carbocycles. The van der Waals surface area contributed by atoms with Gasteiger partial charge in [0.1, 0.15) is 0 Å². The zero-order valence-corrected chi connectivity index (χ0v) is 12.2. The van der Waals surface area contributed by atoms with E-state index < -0.39 is 8.32 Å². The molecule has 0 radical (unpaired) electrons. The summed E-state index contributed by atoms with van der Waals surface area (Å²) in [5.74, 6) is 0. The van der Waals surface area contributed by atoms with E-state index in [1.165, 1.54) is 5.67 Å². The molecule has 0 saturated carbocycles. The van der Waals surface area contributed by atoms with Crippen LogP contribution in [0, 0.1) is 0 Å². The Bertz CT molecular complexity index is 104. The summed E-state index contributed by atoms with van der Waals surface area (Å²) >= 11 is 0. The second-order valence-corrected chi connectivity index (χ2v) is 13.8. The lowest BCUT2D eigenvalue weighted by Crippen LogP contribution is -2.35. The summed E-state index contributed by atoms with van der Waals surface area (Å²) in [5.41, 5.74) is 1.45. The summed E-state index contributed by atoms with van der Waals surface area (Å²) in [6.07, 6.45) is 1.11. The molecule has 0 spiro atoms. The molecule has 0 saturated heterocycles. The van der Waals surface area contributed by atoms with Crippen LogP contribution in [0.15, 0.2) is 0 Å². The van der Waals surface area contributed by atoms with Crippen LogP contribution in [0.4, 0.5) is 0 Å². The van der Waals surface area contributed by atoms with E-state index in [9.17, 15) is 0 Å². The minimum absolute atomic E-state index is 0.128. The van der Waals surface area contributed by atoms with Crippen molar-refractivity contribution in [3.63, 3.8) is 0 Å². The molecule has 0 fully saturated rings. The van der Waals surface area contributed by atoms with Crippen molar-refractivity contribution in [3.8, 4) is 0 Å². The average molecular weight is 207 g/mol. The van der Waals surface area contributed by atoms with E-state index in [4.69, 9.17) is 4.43 Å². The second-order valence-electron chi connectivity index (χ2n) is 4.21. The van der Waals surface area contributed by atoms with Crippen LogP contribution in [-0.2, 0) is 4.43 Å². The van der Waals surface area contributed by atoms with Crippen LogP contribution in [0.5, 0.6) is 0 Å². The Morgan fingerprint density at radius 3 is 2.27 bits per heavy atom. The highest BCUT2D eigenvalue weighted by atomic mass is 28.4. The molecule has 0 aromatic heterocycles. The normalized spacial score (nSPS) is 13.6. The van der Waals surface area contributed by atoms with E-state index in [-0.39, 0.29) is 18.3 Å². The molecular formula is C7H22OSi3. The highest BCUT2D eigenvalue weighted by Crippen LogP contribution is 2.12. The van der Waals surface area contributed by atoms with Crippen LogP contribution >= 0.6 is 0 Å². The minimum Gasteiger partial charge on any atom is -0.422 e. The Morgan fingerprint density at radius 1 is 1.36 bits per heavy atom. The van der Waals surface area contributed by atoms with E-state index in [1.807, 2.05) is 0 Å². The molecule has 0 aromatic rings. The molecule has 1 nitrogen and oxygen atoms in total. The highest BCUT2D eigenvalue weighted by Gasteiger charge is 2.23. The van der Waals surface area contributed by atoms with Crippen LogP contribution in [-0.4, -0.2) is 32.9 Å². The topological polar surface area (TPSA) is 9.23 Å². The SMILES string of the molecule is C[SiH2]CO[Si](C)(C)C[SiH](C)C. The quantitative estimate of drug-likeness (QED) is 0.618. The van der Waals surface area contributed by atoms with Crippen LogP contribution in [0.2, 0.25) is 38.4 Å². The lowest BCUT2D eigenvalue weighted by Gasteiger charge is -2.23. The lowest BCUT2D eigenvalue weighted by molar-refractivity contribution is 0.378. The summed E-state index contributed by atoms with van der Waals surface area (Å²) in [6.45, 7) is 11.9. The van der Waals surface area contributed by atoms with Gasteiger partial charge in [0, 0.05) is 24.5 Å². The van der Waals surface area contributed by atoms with Gasteiger partial charge in [-0.3, -0.25) is 0 Å². The van der Waals surface area contributed by atoms with E-state index in [0.29, 0.717) is 0 Å². The Kier molecular flexibility index (Phi) is 5.58. The van der Waals surface area contributed by atoms with Crippen molar-refractivity contribution in [3.05, 3.63) is 0 Å². The van der Waals surface area contributed by atoms with Gasteiger partial charge in [-0.05, 0) is 18.8 Å². The van der Waals surface area contributed by atoms with E-state index >= 15 is 0 Å². The summed E-state index contributed by atoms with van der Waals surface area (Å²) in [6, 6.07) is 0. The van der Waals surface area contributed by atoms with Crippen LogP contribution in [0.25, 0.3) is 0 Å². The Morgan fingerprint density at radius 2 is 1.91 bits per heavy atom. The fraction of sp³-hybridized carbons (Fsp3) is 1.00. The largest absolute Gasteiger partial charge is 0.422 e. The van der Waals surface area contributed by atoms with Gasteiger partial charge in [-0.15, -0.1) is 0 Å². The maximum Gasteiger partial charge on any atom is 0.183 e. The lowest BCUT2D eigenvalue weighted by atomic mass is 11.7. The Hall–Kier alpha value is 0.611. The molecule has 0 aliphatic rings.